The minimum absolute atomic E-state index is 0.00377. The van der Waals surface area contributed by atoms with Crippen LogP contribution >= 0.6 is 15.9 Å². The summed E-state index contributed by atoms with van der Waals surface area (Å²) >= 11 is 3.41. The topological polar surface area (TPSA) is 95.9 Å². The van der Waals surface area contributed by atoms with E-state index in [-0.39, 0.29) is 31.3 Å². The summed E-state index contributed by atoms with van der Waals surface area (Å²) in [5.74, 6) is -1.43. The van der Waals surface area contributed by atoms with Crippen molar-refractivity contribution in [2.45, 2.75) is 31.2 Å². The standard InChI is InChI=1S/C25H25BrN2O5/c26-16-6-5-13-28(14-16)24(31)22(11-12-23(29)30)27-25(32)33-15-21-19-9-3-1-7-17(19)18-8-2-4-10-20(18)21/h1-4,6-10,21-22H,5,11-15H2,(H,27,32)(H,29,30). The van der Waals surface area contributed by atoms with E-state index < -0.39 is 18.1 Å². The molecule has 1 heterocycles. The molecule has 2 N–H and O–H groups in total. The molecule has 0 radical (unpaired) electrons. The Kier molecular flexibility index (Phi) is 7.13. The number of carboxylic acids is 1. The van der Waals surface area contributed by atoms with Crippen LogP contribution in [0.25, 0.3) is 11.1 Å². The maximum atomic E-state index is 13.0. The Balaban J connectivity index is 1.43. The second kappa shape index (κ2) is 10.2. The minimum atomic E-state index is -1.03. The van der Waals surface area contributed by atoms with Gasteiger partial charge in [-0.25, -0.2) is 4.79 Å². The molecule has 1 aliphatic carbocycles. The first kappa shape index (κ1) is 23.0. The number of fused-ring (bicyclic) bond motifs is 3. The number of hydrogen-bond donors (Lipinski definition) is 2. The number of ether oxygens (including phenoxy) is 1. The fourth-order valence-electron chi connectivity index (χ4n) is 4.42. The molecule has 2 aromatic rings. The van der Waals surface area contributed by atoms with Gasteiger partial charge in [0.1, 0.15) is 12.6 Å². The molecular weight excluding hydrogens is 488 g/mol. The van der Waals surface area contributed by atoms with Gasteiger partial charge >= 0.3 is 12.1 Å². The Morgan fingerprint density at radius 2 is 1.73 bits per heavy atom. The number of carboxylic acid groups (broad SMARTS) is 1. The van der Waals surface area contributed by atoms with Crippen LogP contribution in [0.2, 0.25) is 0 Å². The van der Waals surface area contributed by atoms with Crippen LogP contribution in [-0.2, 0) is 14.3 Å². The van der Waals surface area contributed by atoms with E-state index in [1.54, 1.807) is 4.90 Å². The molecule has 1 aliphatic heterocycles. The molecule has 0 aromatic heterocycles. The largest absolute Gasteiger partial charge is 0.481 e. The molecule has 0 saturated heterocycles. The van der Waals surface area contributed by atoms with Gasteiger partial charge in [-0.1, -0.05) is 70.5 Å². The average molecular weight is 513 g/mol. The third-order valence-corrected chi connectivity index (χ3v) is 6.57. The number of nitrogens with zero attached hydrogens (tertiary/aromatic N) is 1. The highest BCUT2D eigenvalue weighted by Crippen LogP contribution is 2.44. The maximum absolute atomic E-state index is 13.0. The Morgan fingerprint density at radius 1 is 1.09 bits per heavy atom. The molecular formula is C25H25BrN2O5. The molecule has 2 amide bonds. The van der Waals surface area contributed by atoms with Crippen molar-refractivity contribution in [2.75, 3.05) is 19.7 Å². The highest BCUT2D eigenvalue weighted by atomic mass is 79.9. The lowest BCUT2D eigenvalue weighted by Crippen LogP contribution is -2.50. The van der Waals surface area contributed by atoms with Crippen LogP contribution < -0.4 is 5.32 Å². The molecule has 33 heavy (non-hydrogen) atoms. The van der Waals surface area contributed by atoms with Crippen LogP contribution in [0.3, 0.4) is 0 Å². The van der Waals surface area contributed by atoms with Crippen LogP contribution in [0, 0.1) is 0 Å². The minimum Gasteiger partial charge on any atom is -0.481 e. The van der Waals surface area contributed by atoms with Crippen LogP contribution in [0.1, 0.15) is 36.3 Å². The van der Waals surface area contributed by atoms with Gasteiger partial charge in [0.15, 0.2) is 0 Å². The number of nitrogens with one attached hydrogen (secondary N) is 1. The van der Waals surface area contributed by atoms with E-state index in [0.717, 1.165) is 26.7 Å². The molecule has 2 aromatic carbocycles. The first-order chi connectivity index (χ1) is 15.9. The lowest BCUT2D eigenvalue weighted by Gasteiger charge is -2.29. The summed E-state index contributed by atoms with van der Waals surface area (Å²) in [6.07, 6.45) is 1.73. The Labute approximate surface area is 200 Å². The van der Waals surface area contributed by atoms with Gasteiger partial charge in [0.2, 0.25) is 5.91 Å². The van der Waals surface area contributed by atoms with Gasteiger partial charge in [-0.3, -0.25) is 9.59 Å². The Morgan fingerprint density at radius 3 is 2.33 bits per heavy atom. The maximum Gasteiger partial charge on any atom is 0.407 e. The fraction of sp³-hybridized carbons (Fsp3) is 0.320. The van der Waals surface area contributed by atoms with E-state index in [9.17, 15) is 14.4 Å². The monoisotopic (exact) mass is 512 g/mol. The zero-order valence-corrected chi connectivity index (χ0v) is 19.6. The molecule has 172 valence electrons. The quantitative estimate of drug-likeness (QED) is 0.577. The first-order valence-electron chi connectivity index (χ1n) is 10.9. The number of carbonyl (C=O) groups is 3. The summed E-state index contributed by atoms with van der Waals surface area (Å²) in [6.45, 7) is 1.04. The van der Waals surface area contributed by atoms with Crippen molar-refractivity contribution in [3.63, 3.8) is 0 Å². The Hall–Kier alpha value is -3.13. The van der Waals surface area contributed by atoms with Gasteiger partial charge in [-0.2, -0.15) is 0 Å². The second-order valence-corrected chi connectivity index (χ2v) is 9.17. The summed E-state index contributed by atoms with van der Waals surface area (Å²) in [5.41, 5.74) is 4.44. The van der Waals surface area contributed by atoms with Gasteiger partial charge in [0, 0.05) is 23.4 Å². The van der Waals surface area contributed by atoms with Crippen LogP contribution in [0.15, 0.2) is 59.1 Å². The van der Waals surface area contributed by atoms with Crippen molar-refractivity contribution in [3.05, 3.63) is 70.2 Å². The number of carbonyl (C=O) groups excluding carboxylic acids is 2. The first-order valence-corrected chi connectivity index (χ1v) is 11.7. The van der Waals surface area contributed by atoms with Gasteiger partial charge in [0.05, 0.1) is 6.54 Å². The van der Waals surface area contributed by atoms with E-state index in [1.165, 1.54) is 0 Å². The number of aliphatic carboxylic acids is 1. The Bertz CT molecular complexity index is 1050. The third-order valence-electron chi connectivity index (χ3n) is 6.00. The van der Waals surface area contributed by atoms with Gasteiger partial charge in [-0.05, 0) is 35.1 Å². The van der Waals surface area contributed by atoms with E-state index >= 15 is 0 Å². The molecule has 7 nitrogen and oxygen atoms in total. The van der Waals surface area contributed by atoms with Gasteiger partial charge in [-0.15, -0.1) is 0 Å². The average Bonchev–Trinajstić information content (AvgIpc) is 3.13. The second-order valence-electron chi connectivity index (χ2n) is 8.15. The van der Waals surface area contributed by atoms with E-state index in [2.05, 4.69) is 33.4 Å². The summed E-state index contributed by atoms with van der Waals surface area (Å²) in [4.78, 5) is 38.4. The summed E-state index contributed by atoms with van der Waals surface area (Å²) in [5, 5.41) is 11.7. The van der Waals surface area contributed by atoms with Gasteiger partial charge in [0.25, 0.3) is 0 Å². The van der Waals surface area contributed by atoms with Crippen molar-refractivity contribution in [3.8, 4) is 11.1 Å². The van der Waals surface area contributed by atoms with Crippen molar-refractivity contribution >= 4 is 33.9 Å². The molecule has 0 saturated carbocycles. The SMILES string of the molecule is O=C(O)CCC(NC(=O)OCC1c2ccccc2-c2ccccc21)C(=O)N1CCC=C(Br)C1. The lowest BCUT2D eigenvalue weighted by molar-refractivity contribution is -0.138. The lowest BCUT2D eigenvalue weighted by atomic mass is 9.98. The zero-order chi connectivity index (χ0) is 23.4. The predicted octanol–water partition coefficient (Wildman–Crippen LogP) is 4.27. The fourth-order valence-corrected chi connectivity index (χ4v) is 4.95. The number of hydrogen-bond acceptors (Lipinski definition) is 4. The zero-order valence-electron chi connectivity index (χ0n) is 18.0. The van der Waals surface area contributed by atoms with Crippen molar-refractivity contribution in [1.29, 1.82) is 0 Å². The molecule has 1 unspecified atom stereocenters. The molecule has 0 bridgehead atoms. The smallest absolute Gasteiger partial charge is 0.407 e. The number of alkyl carbamates (subject to hydrolysis) is 1. The van der Waals surface area contributed by atoms with E-state index in [1.807, 2.05) is 42.5 Å². The van der Waals surface area contributed by atoms with E-state index in [4.69, 9.17) is 9.84 Å². The van der Waals surface area contributed by atoms with Crippen LogP contribution in [0.4, 0.5) is 4.79 Å². The molecule has 0 fully saturated rings. The molecule has 2 aliphatic rings. The number of halogens is 1. The summed E-state index contributed by atoms with van der Waals surface area (Å²) in [6, 6.07) is 15.1. The summed E-state index contributed by atoms with van der Waals surface area (Å²) < 4.78 is 6.44. The van der Waals surface area contributed by atoms with Crippen molar-refractivity contribution in [2.24, 2.45) is 0 Å². The van der Waals surface area contributed by atoms with Crippen molar-refractivity contribution < 1.29 is 24.2 Å². The number of rotatable bonds is 7. The molecule has 8 heteroatoms. The molecule has 4 rings (SSSR count). The third kappa shape index (κ3) is 5.27. The number of benzene rings is 2. The summed E-state index contributed by atoms with van der Waals surface area (Å²) in [7, 11) is 0. The van der Waals surface area contributed by atoms with Crippen molar-refractivity contribution in [1.82, 2.24) is 10.2 Å². The van der Waals surface area contributed by atoms with Crippen LogP contribution in [-0.4, -0.2) is 53.7 Å². The number of amides is 2. The van der Waals surface area contributed by atoms with Crippen LogP contribution in [0.5, 0.6) is 0 Å². The molecule has 1 atom stereocenters. The normalized spacial score (nSPS) is 15.8. The van der Waals surface area contributed by atoms with E-state index in [0.29, 0.717) is 19.5 Å². The molecule has 0 spiro atoms. The highest BCUT2D eigenvalue weighted by molar-refractivity contribution is 9.11. The van der Waals surface area contributed by atoms with Gasteiger partial charge < -0.3 is 20.1 Å². The predicted molar refractivity (Wildman–Crippen MR) is 127 cm³/mol. The highest BCUT2D eigenvalue weighted by Gasteiger charge is 2.31.